The van der Waals surface area contributed by atoms with Crippen LogP contribution in [0.2, 0.25) is 0 Å². The number of hydrogen-bond acceptors (Lipinski definition) is 4. The van der Waals surface area contributed by atoms with Gasteiger partial charge in [0.1, 0.15) is 11.7 Å². The Balaban J connectivity index is 1.55. The Hall–Kier alpha value is -0.910. The molecule has 1 aromatic heterocycles. The lowest BCUT2D eigenvalue weighted by Gasteiger charge is -2.30. The fraction of sp³-hybridized carbons (Fsp3) is 0.667. The smallest absolute Gasteiger partial charge is 0.244 e. The first-order chi connectivity index (χ1) is 9.78. The van der Waals surface area contributed by atoms with Crippen LogP contribution >= 0.6 is 11.3 Å². The molecule has 2 unspecified atom stereocenters. The second-order valence-corrected chi connectivity index (χ2v) is 7.16. The van der Waals surface area contributed by atoms with Gasteiger partial charge < -0.3 is 9.64 Å². The van der Waals surface area contributed by atoms with Crippen LogP contribution in [0.15, 0.2) is 17.5 Å². The van der Waals surface area contributed by atoms with Crippen LogP contribution in [0.3, 0.4) is 0 Å². The molecule has 20 heavy (non-hydrogen) atoms. The molecule has 2 aliphatic heterocycles. The highest BCUT2D eigenvalue weighted by Crippen LogP contribution is 2.46. The number of carbonyl (C=O) groups is 1. The van der Waals surface area contributed by atoms with Crippen molar-refractivity contribution in [2.45, 2.75) is 37.4 Å². The molecule has 4 nitrogen and oxygen atoms in total. The van der Waals surface area contributed by atoms with Crippen LogP contribution in [-0.2, 0) is 9.53 Å². The Bertz CT molecular complexity index is 492. The van der Waals surface area contributed by atoms with Crippen molar-refractivity contribution in [3.8, 4) is 0 Å². The molecule has 3 fully saturated rings. The zero-order valence-corrected chi connectivity index (χ0v) is 12.3. The van der Waals surface area contributed by atoms with E-state index in [-0.39, 0.29) is 11.7 Å². The molecular formula is C15H20N2O2S. The summed E-state index contributed by atoms with van der Waals surface area (Å²) in [6, 6.07) is 4.19. The van der Waals surface area contributed by atoms with Gasteiger partial charge in [-0.25, -0.2) is 0 Å². The van der Waals surface area contributed by atoms with Gasteiger partial charge in [0.2, 0.25) is 5.91 Å². The molecule has 1 N–H and O–H groups in total. The van der Waals surface area contributed by atoms with Crippen LogP contribution in [-0.4, -0.2) is 36.1 Å². The Morgan fingerprint density at radius 1 is 1.50 bits per heavy atom. The first-order valence-corrected chi connectivity index (χ1v) is 8.36. The van der Waals surface area contributed by atoms with Crippen molar-refractivity contribution < 1.29 is 9.53 Å². The Morgan fingerprint density at radius 2 is 2.40 bits per heavy atom. The van der Waals surface area contributed by atoms with Gasteiger partial charge in [0.25, 0.3) is 0 Å². The van der Waals surface area contributed by atoms with E-state index in [0.29, 0.717) is 11.8 Å². The summed E-state index contributed by atoms with van der Waals surface area (Å²) in [5, 5.41) is 5.66. The van der Waals surface area contributed by atoms with E-state index in [1.807, 2.05) is 0 Å². The number of thiophene rings is 1. The number of amides is 1. The summed E-state index contributed by atoms with van der Waals surface area (Å²) < 4.78 is 5.57. The van der Waals surface area contributed by atoms with Crippen LogP contribution in [0.5, 0.6) is 0 Å². The van der Waals surface area contributed by atoms with Crippen molar-refractivity contribution in [1.82, 2.24) is 10.2 Å². The molecule has 3 aliphatic rings. The van der Waals surface area contributed by atoms with Gasteiger partial charge in [-0.15, -0.1) is 11.3 Å². The molecule has 1 spiro atoms. The van der Waals surface area contributed by atoms with E-state index in [2.05, 4.69) is 27.7 Å². The summed E-state index contributed by atoms with van der Waals surface area (Å²) in [4.78, 5) is 16.0. The third-order valence-electron chi connectivity index (χ3n) is 4.67. The van der Waals surface area contributed by atoms with E-state index in [1.165, 1.54) is 11.3 Å². The molecule has 2 atom stereocenters. The lowest BCUT2D eigenvalue weighted by Crippen LogP contribution is -2.38. The third kappa shape index (κ3) is 2.08. The number of ether oxygens (including phenoxy) is 1. The predicted molar refractivity (Wildman–Crippen MR) is 77.4 cm³/mol. The summed E-state index contributed by atoms with van der Waals surface area (Å²) in [6.45, 7) is 2.51. The maximum atomic E-state index is 12.7. The molecule has 1 saturated carbocycles. The van der Waals surface area contributed by atoms with Gasteiger partial charge in [0.15, 0.2) is 0 Å². The van der Waals surface area contributed by atoms with Crippen LogP contribution < -0.4 is 5.32 Å². The average Bonchev–Trinajstić information content (AvgIpc) is 2.96. The fourth-order valence-corrected chi connectivity index (χ4v) is 4.15. The highest BCUT2D eigenvalue weighted by molar-refractivity contribution is 7.10. The molecule has 1 aliphatic carbocycles. The maximum absolute atomic E-state index is 12.7. The molecular weight excluding hydrogens is 272 g/mol. The molecule has 108 valence electrons. The minimum Gasteiger partial charge on any atom is -0.381 e. The molecule has 0 bridgehead atoms. The fourth-order valence-electron chi connectivity index (χ4n) is 3.37. The van der Waals surface area contributed by atoms with Crippen molar-refractivity contribution in [3.63, 3.8) is 0 Å². The van der Waals surface area contributed by atoms with E-state index in [9.17, 15) is 4.79 Å². The molecule has 4 rings (SSSR count). The minimum atomic E-state index is -0.232. The number of hydrogen-bond donors (Lipinski definition) is 1. The lowest BCUT2D eigenvalue weighted by molar-refractivity contribution is -0.132. The van der Waals surface area contributed by atoms with Gasteiger partial charge in [-0.2, -0.15) is 0 Å². The predicted octanol–water partition coefficient (Wildman–Crippen LogP) is 2.14. The van der Waals surface area contributed by atoms with Crippen LogP contribution in [0, 0.1) is 5.92 Å². The quantitative estimate of drug-likeness (QED) is 0.928. The minimum absolute atomic E-state index is 0.0759. The number of rotatable bonds is 3. The van der Waals surface area contributed by atoms with Crippen LogP contribution in [0.1, 0.15) is 36.7 Å². The van der Waals surface area contributed by atoms with Crippen molar-refractivity contribution in [2.75, 3.05) is 19.8 Å². The lowest BCUT2D eigenvalue weighted by atomic mass is 10.0. The maximum Gasteiger partial charge on any atom is 0.244 e. The first-order valence-electron chi connectivity index (χ1n) is 7.48. The molecule has 2 saturated heterocycles. The topological polar surface area (TPSA) is 41.6 Å². The largest absolute Gasteiger partial charge is 0.381 e. The Kier molecular flexibility index (Phi) is 3.09. The number of carbonyl (C=O) groups excluding carboxylic acids is 1. The SMILES string of the molecule is O=C1N(CC2CCCOC2)C(c2cccs2)NC12CC2. The summed E-state index contributed by atoms with van der Waals surface area (Å²) in [5.41, 5.74) is -0.232. The Morgan fingerprint density at radius 3 is 3.05 bits per heavy atom. The average molecular weight is 292 g/mol. The molecule has 1 aromatic rings. The van der Waals surface area contributed by atoms with Crippen LogP contribution in [0.4, 0.5) is 0 Å². The standard InChI is InChI=1S/C15H20N2O2S/c18-14-15(5-6-15)16-13(12-4-2-8-20-12)17(14)9-11-3-1-7-19-10-11/h2,4,8,11,13,16H,1,3,5-7,9-10H2. The van der Waals surface area contributed by atoms with Gasteiger partial charge in [-0.1, -0.05) is 6.07 Å². The molecule has 3 heterocycles. The van der Waals surface area contributed by atoms with Gasteiger partial charge in [-0.3, -0.25) is 10.1 Å². The van der Waals surface area contributed by atoms with E-state index in [0.717, 1.165) is 39.0 Å². The molecule has 5 heteroatoms. The van der Waals surface area contributed by atoms with E-state index >= 15 is 0 Å². The number of nitrogens with zero attached hydrogens (tertiary/aromatic N) is 1. The zero-order valence-electron chi connectivity index (χ0n) is 11.5. The highest BCUT2D eigenvalue weighted by atomic mass is 32.1. The van der Waals surface area contributed by atoms with Crippen molar-refractivity contribution in [1.29, 1.82) is 0 Å². The molecule has 0 aromatic carbocycles. The zero-order chi connectivity index (χ0) is 13.6. The summed E-state index contributed by atoms with van der Waals surface area (Å²) in [6.07, 6.45) is 4.35. The van der Waals surface area contributed by atoms with E-state index < -0.39 is 0 Å². The second-order valence-electron chi connectivity index (χ2n) is 6.19. The summed E-state index contributed by atoms with van der Waals surface area (Å²) >= 11 is 1.73. The first kappa shape index (κ1) is 12.8. The second kappa shape index (κ2) is 4.83. The van der Waals surface area contributed by atoms with Gasteiger partial charge in [0, 0.05) is 23.9 Å². The van der Waals surface area contributed by atoms with E-state index in [4.69, 9.17) is 4.74 Å². The van der Waals surface area contributed by atoms with Crippen molar-refractivity contribution in [2.24, 2.45) is 5.92 Å². The monoisotopic (exact) mass is 292 g/mol. The summed E-state index contributed by atoms with van der Waals surface area (Å²) in [7, 11) is 0. The van der Waals surface area contributed by atoms with Crippen molar-refractivity contribution >= 4 is 17.2 Å². The van der Waals surface area contributed by atoms with Gasteiger partial charge in [0.05, 0.1) is 6.61 Å². The summed E-state index contributed by atoms with van der Waals surface area (Å²) in [5.74, 6) is 0.798. The normalized spacial score (nSPS) is 32.0. The molecule has 0 radical (unpaired) electrons. The van der Waals surface area contributed by atoms with Gasteiger partial charge in [-0.05, 0) is 37.1 Å². The third-order valence-corrected chi connectivity index (χ3v) is 5.59. The highest BCUT2D eigenvalue weighted by Gasteiger charge is 2.59. The van der Waals surface area contributed by atoms with Crippen molar-refractivity contribution in [3.05, 3.63) is 22.4 Å². The number of nitrogens with one attached hydrogen (secondary N) is 1. The van der Waals surface area contributed by atoms with E-state index in [1.54, 1.807) is 11.3 Å². The van der Waals surface area contributed by atoms with Crippen LogP contribution in [0.25, 0.3) is 0 Å². The molecule has 1 amide bonds. The Labute approximate surface area is 123 Å². The van der Waals surface area contributed by atoms with Gasteiger partial charge >= 0.3 is 0 Å².